The second-order valence-electron chi connectivity index (χ2n) is 9.96. The van der Waals surface area contributed by atoms with Crippen molar-refractivity contribution >= 4 is 34.5 Å². The van der Waals surface area contributed by atoms with Gasteiger partial charge in [0.25, 0.3) is 0 Å². The number of hydrogen-bond donors (Lipinski definition) is 3. The van der Waals surface area contributed by atoms with Crippen LogP contribution >= 0.6 is 0 Å². The maximum absolute atomic E-state index is 12.9. The van der Waals surface area contributed by atoms with E-state index in [1.54, 1.807) is 4.68 Å². The molecule has 0 unspecified atom stereocenters. The van der Waals surface area contributed by atoms with E-state index in [1.165, 1.54) is 6.33 Å². The van der Waals surface area contributed by atoms with Gasteiger partial charge in [0, 0.05) is 22.9 Å². The van der Waals surface area contributed by atoms with Crippen molar-refractivity contribution in [3.63, 3.8) is 0 Å². The normalized spacial score (nSPS) is 11.6. The van der Waals surface area contributed by atoms with Gasteiger partial charge in [0.05, 0.1) is 11.4 Å². The molecule has 3 heterocycles. The van der Waals surface area contributed by atoms with Crippen molar-refractivity contribution in [2.45, 2.75) is 40.0 Å². The van der Waals surface area contributed by atoms with Gasteiger partial charge in [0.15, 0.2) is 17.0 Å². The van der Waals surface area contributed by atoms with E-state index in [0.717, 1.165) is 28.5 Å². The minimum atomic E-state index is -0.369. The van der Waals surface area contributed by atoms with Crippen molar-refractivity contribution in [2.24, 2.45) is 0 Å². The molecule has 0 aliphatic rings. The summed E-state index contributed by atoms with van der Waals surface area (Å²) >= 11 is 0. The quantitative estimate of drug-likeness (QED) is 0.317. The third-order valence-corrected chi connectivity index (χ3v) is 6.02. The van der Waals surface area contributed by atoms with Crippen LogP contribution in [0.25, 0.3) is 22.5 Å². The first-order chi connectivity index (χ1) is 17.6. The smallest absolute Gasteiger partial charge is 0.324 e. The van der Waals surface area contributed by atoms with Crippen LogP contribution in [0.2, 0.25) is 0 Å². The Morgan fingerprint density at radius 3 is 2.27 bits per heavy atom. The summed E-state index contributed by atoms with van der Waals surface area (Å²) in [6.45, 7) is 10.2. The average molecular weight is 496 g/mol. The number of benzene rings is 2. The number of urea groups is 1. The molecule has 2 aromatic carbocycles. The number of nitrogens with one attached hydrogen (secondary N) is 2. The highest BCUT2D eigenvalue weighted by atomic mass is 16.2. The Hall–Kier alpha value is -4.73. The fraction of sp³-hybridized carbons (Fsp3) is 0.222. The van der Waals surface area contributed by atoms with Crippen LogP contribution in [0.5, 0.6) is 0 Å². The topological polar surface area (TPSA) is 129 Å². The number of imidazole rings is 1. The maximum Gasteiger partial charge on any atom is 0.324 e. The molecule has 4 N–H and O–H groups in total. The Balaban J connectivity index is 1.37. The summed E-state index contributed by atoms with van der Waals surface area (Å²) in [5.41, 5.74) is 11.3. The zero-order valence-corrected chi connectivity index (χ0v) is 21.4. The van der Waals surface area contributed by atoms with E-state index in [0.29, 0.717) is 28.5 Å². The van der Waals surface area contributed by atoms with Gasteiger partial charge in [-0.15, -0.1) is 0 Å². The van der Waals surface area contributed by atoms with Crippen molar-refractivity contribution in [3.8, 4) is 11.4 Å². The monoisotopic (exact) mass is 495 g/mol. The van der Waals surface area contributed by atoms with E-state index in [4.69, 9.17) is 10.8 Å². The molecule has 0 radical (unpaired) electrons. The lowest BCUT2D eigenvalue weighted by Gasteiger charge is -2.14. The first kappa shape index (κ1) is 24.0. The number of rotatable bonds is 4. The van der Waals surface area contributed by atoms with Gasteiger partial charge >= 0.3 is 6.03 Å². The number of nitrogens with zero attached hydrogens (tertiary/aromatic N) is 6. The number of nitrogens with two attached hydrogens (primary N) is 1. The van der Waals surface area contributed by atoms with Gasteiger partial charge in [-0.25, -0.2) is 24.4 Å². The molecule has 37 heavy (non-hydrogen) atoms. The molecule has 2 amide bonds. The lowest BCUT2D eigenvalue weighted by atomic mass is 9.92. The fourth-order valence-electron chi connectivity index (χ4n) is 4.02. The fourth-order valence-corrected chi connectivity index (χ4v) is 4.02. The van der Waals surface area contributed by atoms with Crippen molar-refractivity contribution in [1.29, 1.82) is 0 Å². The minimum Gasteiger partial charge on any atom is -0.382 e. The summed E-state index contributed by atoms with van der Waals surface area (Å²) in [4.78, 5) is 25.8. The van der Waals surface area contributed by atoms with Crippen molar-refractivity contribution < 1.29 is 4.79 Å². The summed E-state index contributed by atoms with van der Waals surface area (Å²) in [6.07, 6.45) is 1.42. The van der Waals surface area contributed by atoms with Gasteiger partial charge in [-0.2, -0.15) is 5.10 Å². The molecule has 3 aromatic heterocycles. The van der Waals surface area contributed by atoms with Crippen molar-refractivity contribution in [1.82, 2.24) is 29.3 Å². The molecular formula is C27H29N9O. The van der Waals surface area contributed by atoms with Gasteiger partial charge in [-0.3, -0.25) is 9.88 Å². The number of nitrogen functional groups attached to an aromatic ring is 1. The lowest BCUT2D eigenvalue weighted by Crippen LogP contribution is -2.21. The largest absolute Gasteiger partial charge is 0.382 e. The average Bonchev–Trinajstić information content (AvgIpc) is 3.42. The number of carbonyl (C=O) groups excluding carboxylic acids is 1. The Morgan fingerprint density at radius 2 is 1.59 bits per heavy atom. The van der Waals surface area contributed by atoms with E-state index in [9.17, 15) is 4.79 Å². The third kappa shape index (κ3) is 4.73. The van der Waals surface area contributed by atoms with Crippen LogP contribution in [0.4, 0.5) is 22.1 Å². The van der Waals surface area contributed by atoms with E-state index in [1.807, 2.05) is 73.0 Å². The van der Waals surface area contributed by atoms with Gasteiger partial charge in [-0.05, 0) is 50.2 Å². The second kappa shape index (κ2) is 9.05. The van der Waals surface area contributed by atoms with Gasteiger partial charge in [0.2, 0.25) is 0 Å². The standard InChI is InChI=1S/C27H29N9O/c1-16-6-10-20(11-7-16)36-22(14-21(34-36)27(3,4)5)33-26(37)32-18-8-12-19(13-9-18)35-17(2)31-23-24(28)29-15-30-25(23)35/h6-15H,1-5H3,(H2,28,29,30)(H2,32,33,37). The molecule has 188 valence electrons. The number of aromatic nitrogens is 6. The molecule has 0 saturated carbocycles. The summed E-state index contributed by atoms with van der Waals surface area (Å²) < 4.78 is 3.65. The number of fused-ring (bicyclic) bond motifs is 1. The van der Waals surface area contributed by atoms with Crippen LogP contribution in [0.15, 0.2) is 60.9 Å². The van der Waals surface area contributed by atoms with Crippen LogP contribution in [0.1, 0.15) is 37.9 Å². The highest BCUT2D eigenvalue weighted by Gasteiger charge is 2.21. The maximum atomic E-state index is 12.9. The van der Waals surface area contributed by atoms with E-state index in [2.05, 4.69) is 46.4 Å². The Labute approximate surface area is 214 Å². The first-order valence-corrected chi connectivity index (χ1v) is 11.9. The zero-order valence-electron chi connectivity index (χ0n) is 21.4. The van der Waals surface area contributed by atoms with Crippen LogP contribution < -0.4 is 16.4 Å². The number of aryl methyl sites for hydroxylation is 2. The summed E-state index contributed by atoms with van der Waals surface area (Å²) in [5, 5.41) is 10.6. The Bertz CT molecular complexity index is 1590. The van der Waals surface area contributed by atoms with E-state index < -0.39 is 0 Å². The number of hydrogen-bond acceptors (Lipinski definition) is 6. The van der Waals surface area contributed by atoms with Crippen molar-refractivity contribution in [3.05, 3.63) is 78.0 Å². The van der Waals surface area contributed by atoms with E-state index >= 15 is 0 Å². The minimum absolute atomic E-state index is 0.177. The summed E-state index contributed by atoms with van der Waals surface area (Å²) in [7, 11) is 0. The second-order valence-corrected chi connectivity index (χ2v) is 9.96. The molecule has 0 aliphatic carbocycles. The van der Waals surface area contributed by atoms with Crippen LogP contribution in [0, 0.1) is 13.8 Å². The molecule has 10 heteroatoms. The predicted octanol–water partition coefficient (Wildman–Crippen LogP) is 5.14. The number of anilines is 3. The Kier molecular flexibility index (Phi) is 5.87. The van der Waals surface area contributed by atoms with Gasteiger partial charge < -0.3 is 11.1 Å². The highest BCUT2D eigenvalue weighted by molar-refractivity contribution is 5.99. The Morgan fingerprint density at radius 1 is 0.919 bits per heavy atom. The molecule has 0 bridgehead atoms. The van der Waals surface area contributed by atoms with E-state index in [-0.39, 0.29) is 11.4 Å². The van der Waals surface area contributed by atoms with Crippen LogP contribution in [-0.2, 0) is 5.41 Å². The molecule has 0 aliphatic heterocycles. The summed E-state index contributed by atoms with van der Waals surface area (Å²) in [5.74, 6) is 1.65. The van der Waals surface area contributed by atoms with Gasteiger partial charge in [-0.1, -0.05) is 38.5 Å². The lowest BCUT2D eigenvalue weighted by molar-refractivity contribution is 0.262. The number of carbonyl (C=O) groups is 1. The molecule has 0 spiro atoms. The molecule has 0 saturated heterocycles. The van der Waals surface area contributed by atoms with Crippen LogP contribution in [-0.4, -0.2) is 35.3 Å². The number of amides is 2. The molecule has 0 atom stereocenters. The third-order valence-electron chi connectivity index (χ3n) is 6.02. The molecule has 10 nitrogen and oxygen atoms in total. The SMILES string of the molecule is Cc1ccc(-n2nc(C(C)(C)C)cc2NC(=O)Nc2ccc(-n3c(C)nc4c(N)ncnc43)cc2)cc1. The highest BCUT2D eigenvalue weighted by Crippen LogP contribution is 2.27. The first-order valence-electron chi connectivity index (χ1n) is 11.9. The molecular weight excluding hydrogens is 466 g/mol. The molecule has 0 fully saturated rings. The summed E-state index contributed by atoms with van der Waals surface area (Å²) in [6, 6.07) is 17.0. The van der Waals surface area contributed by atoms with Gasteiger partial charge in [0.1, 0.15) is 18.0 Å². The zero-order chi connectivity index (χ0) is 26.3. The predicted molar refractivity (Wildman–Crippen MR) is 145 cm³/mol. The molecule has 5 rings (SSSR count). The van der Waals surface area contributed by atoms with Crippen molar-refractivity contribution in [2.75, 3.05) is 16.4 Å². The van der Waals surface area contributed by atoms with Crippen LogP contribution in [0.3, 0.4) is 0 Å². The molecule has 5 aromatic rings.